The van der Waals surface area contributed by atoms with Crippen LogP contribution in [0, 0.1) is 35.0 Å². The predicted octanol–water partition coefficient (Wildman–Crippen LogP) is 5.48. The highest BCUT2D eigenvalue weighted by molar-refractivity contribution is 6.39. The summed E-state index contributed by atoms with van der Waals surface area (Å²) >= 11 is 0. The lowest BCUT2D eigenvalue weighted by atomic mass is 9.78. The molecule has 14 atom stereocenters. The lowest BCUT2D eigenvalue weighted by Gasteiger charge is -2.42. The van der Waals surface area contributed by atoms with Gasteiger partial charge in [-0.1, -0.05) is 64.2 Å². The second-order valence-electron chi connectivity index (χ2n) is 21.3. The number of Topliss-reactive ketones (excluding diaryl/α,β-unsaturated/α-hetero) is 3. The first-order chi connectivity index (χ1) is 34.1. The maximum atomic E-state index is 14.5. The number of ketones is 3. The number of aliphatic hydroxyl groups is 4. The third kappa shape index (κ3) is 15.8. The number of piperidine rings is 1. The van der Waals surface area contributed by atoms with E-state index in [4.69, 9.17) is 28.4 Å². The molecule has 0 unspecified atom stereocenters. The van der Waals surface area contributed by atoms with Crippen molar-refractivity contribution < 1.29 is 77.6 Å². The number of esters is 2. The summed E-state index contributed by atoms with van der Waals surface area (Å²) in [6, 6.07) is -1.20. The number of cyclic esters (lactones) is 1. The first-order valence-corrected chi connectivity index (χ1v) is 26.0. The number of methoxy groups -OCH3 is 3. The van der Waals surface area contributed by atoms with Crippen LogP contribution in [0.5, 0.6) is 0 Å². The summed E-state index contributed by atoms with van der Waals surface area (Å²) in [6.07, 6.45) is 9.79. The molecule has 0 aromatic carbocycles. The van der Waals surface area contributed by atoms with E-state index < -0.39 is 115 Å². The van der Waals surface area contributed by atoms with Gasteiger partial charge in [-0.2, -0.15) is 0 Å². The van der Waals surface area contributed by atoms with Crippen LogP contribution in [0.2, 0.25) is 0 Å². The summed E-state index contributed by atoms with van der Waals surface area (Å²) in [5, 5.41) is 42.8. The number of fused-ring (bicyclic) bond motifs is 3. The van der Waals surface area contributed by atoms with Gasteiger partial charge in [-0.25, -0.2) is 4.79 Å². The molecule has 2 bridgehead atoms. The second-order valence-corrected chi connectivity index (χ2v) is 21.3. The van der Waals surface area contributed by atoms with E-state index in [2.05, 4.69) is 0 Å². The highest BCUT2D eigenvalue weighted by Crippen LogP contribution is 2.38. The van der Waals surface area contributed by atoms with Crippen LogP contribution in [0.4, 0.5) is 0 Å². The number of rotatable bonds is 10. The first-order valence-electron chi connectivity index (χ1n) is 26.0. The Labute approximate surface area is 426 Å². The molecule has 0 aromatic heterocycles. The summed E-state index contributed by atoms with van der Waals surface area (Å²) in [5.41, 5.74) is -0.357. The number of hydrogen-bond acceptors (Lipinski definition) is 16. The van der Waals surface area contributed by atoms with Crippen molar-refractivity contribution in [2.45, 2.75) is 186 Å². The molecule has 17 heteroatoms. The molecular weight excluding hydrogens is 931 g/mol. The van der Waals surface area contributed by atoms with Crippen molar-refractivity contribution in [3.8, 4) is 0 Å². The van der Waals surface area contributed by atoms with Gasteiger partial charge in [0.25, 0.3) is 11.7 Å². The predicted molar refractivity (Wildman–Crippen MR) is 267 cm³/mol. The molecule has 3 fully saturated rings. The van der Waals surface area contributed by atoms with E-state index in [1.807, 2.05) is 51.2 Å². The first kappa shape index (κ1) is 60.6. The maximum Gasteiger partial charge on any atom is 0.329 e. The van der Waals surface area contributed by atoms with Gasteiger partial charge in [0.15, 0.2) is 11.6 Å². The third-order valence-corrected chi connectivity index (χ3v) is 15.6. The molecule has 1 amide bonds. The topological polar surface area (TPSA) is 242 Å². The summed E-state index contributed by atoms with van der Waals surface area (Å²) in [4.78, 5) is 84.9. The normalized spacial score (nSPS) is 34.4. The van der Waals surface area contributed by atoms with E-state index >= 15 is 0 Å². The van der Waals surface area contributed by atoms with E-state index in [9.17, 15) is 49.2 Å². The quantitative estimate of drug-likeness (QED) is 0.157. The molecule has 4 rings (SSSR count). The summed E-state index contributed by atoms with van der Waals surface area (Å²) < 4.78 is 35.3. The highest BCUT2D eigenvalue weighted by atomic mass is 16.6. The Bertz CT molecular complexity index is 1970. The average Bonchev–Trinajstić information content (AvgIpc) is 3.37. The Morgan fingerprint density at radius 1 is 0.889 bits per heavy atom. The van der Waals surface area contributed by atoms with Crippen LogP contribution in [0.1, 0.15) is 132 Å². The zero-order valence-electron chi connectivity index (χ0n) is 44.4. The Balaban J connectivity index is 1.67. The molecule has 3 heterocycles. The molecule has 3 aliphatic heterocycles. The van der Waals surface area contributed by atoms with Crippen LogP contribution in [0.3, 0.4) is 0 Å². The van der Waals surface area contributed by atoms with E-state index in [0.29, 0.717) is 64.2 Å². The van der Waals surface area contributed by atoms with Gasteiger partial charge >= 0.3 is 11.9 Å². The van der Waals surface area contributed by atoms with Gasteiger partial charge in [-0.3, -0.25) is 24.0 Å². The summed E-state index contributed by atoms with van der Waals surface area (Å²) in [6.45, 7) is 11.0. The van der Waals surface area contributed by atoms with Gasteiger partial charge in [0, 0.05) is 52.6 Å². The van der Waals surface area contributed by atoms with Crippen molar-refractivity contribution in [1.82, 2.24) is 4.90 Å². The fraction of sp³-hybridized carbons (Fsp3) is 0.745. The number of carbonyl (C=O) groups excluding carboxylic acids is 6. The molecule has 72 heavy (non-hydrogen) atoms. The van der Waals surface area contributed by atoms with Crippen molar-refractivity contribution in [1.29, 1.82) is 0 Å². The van der Waals surface area contributed by atoms with Crippen molar-refractivity contribution in [2.75, 3.05) is 41.1 Å². The lowest BCUT2D eigenvalue weighted by Crippen LogP contribution is -2.61. The van der Waals surface area contributed by atoms with E-state index in [-0.39, 0.29) is 54.8 Å². The highest BCUT2D eigenvalue weighted by Gasteiger charge is 2.53. The van der Waals surface area contributed by atoms with Crippen LogP contribution >= 0.6 is 0 Å². The lowest BCUT2D eigenvalue weighted by molar-refractivity contribution is -0.265. The number of hydrogen-bond donors (Lipinski definition) is 4. The smallest absolute Gasteiger partial charge is 0.329 e. The molecule has 17 nitrogen and oxygen atoms in total. The van der Waals surface area contributed by atoms with Crippen molar-refractivity contribution in [3.63, 3.8) is 0 Å². The molecule has 1 aliphatic carbocycles. The Morgan fingerprint density at radius 2 is 1.60 bits per heavy atom. The van der Waals surface area contributed by atoms with Crippen molar-refractivity contribution in [2.24, 2.45) is 35.0 Å². The van der Waals surface area contributed by atoms with Gasteiger partial charge in [0.1, 0.15) is 29.8 Å². The monoisotopic (exact) mass is 1020 g/mol. The van der Waals surface area contributed by atoms with Crippen LogP contribution < -0.4 is 0 Å². The molecule has 0 aromatic rings. The minimum atomic E-state index is -2.47. The van der Waals surface area contributed by atoms with Crippen LogP contribution in [-0.4, -0.2) is 156 Å². The van der Waals surface area contributed by atoms with Crippen LogP contribution in [-0.2, 0) is 57.2 Å². The summed E-state index contributed by atoms with van der Waals surface area (Å²) in [5.74, 6) is -8.57. The Morgan fingerprint density at radius 3 is 2.25 bits per heavy atom. The molecular formula is C55H85NO16. The molecule has 406 valence electrons. The number of allylic oxidation sites excluding steroid dienone is 6. The number of carbonyl (C=O) groups is 6. The number of amides is 1. The number of ether oxygens (including phenoxy) is 6. The largest absolute Gasteiger partial charge is 0.460 e. The molecule has 0 radical (unpaired) electrons. The molecule has 1 saturated carbocycles. The zero-order chi connectivity index (χ0) is 53.5. The fourth-order valence-electron chi connectivity index (χ4n) is 10.4. The van der Waals surface area contributed by atoms with E-state index in [1.54, 1.807) is 34.0 Å². The van der Waals surface area contributed by atoms with Crippen LogP contribution in [0.15, 0.2) is 47.6 Å². The van der Waals surface area contributed by atoms with Gasteiger partial charge < -0.3 is 53.7 Å². The molecule has 0 spiro atoms. The second kappa shape index (κ2) is 28.1. The third-order valence-electron chi connectivity index (χ3n) is 15.6. The Hall–Kier alpha value is -3.94. The number of nitrogens with zero attached hydrogens (tertiary/aromatic N) is 1. The van der Waals surface area contributed by atoms with Gasteiger partial charge in [0.05, 0.1) is 37.6 Å². The van der Waals surface area contributed by atoms with Gasteiger partial charge in [0.2, 0.25) is 5.79 Å². The Kier molecular flexibility index (Phi) is 23.7. The molecule has 2 saturated heterocycles. The maximum absolute atomic E-state index is 14.5. The molecule has 4 N–H and O–H groups in total. The van der Waals surface area contributed by atoms with Crippen molar-refractivity contribution in [3.05, 3.63) is 47.6 Å². The zero-order valence-corrected chi connectivity index (χ0v) is 44.4. The van der Waals surface area contributed by atoms with E-state index in [1.165, 1.54) is 21.1 Å². The molecule has 4 aliphatic rings. The number of aliphatic hydroxyl groups excluding tert-OH is 3. The van der Waals surface area contributed by atoms with Crippen molar-refractivity contribution >= 4 is 35.2 Å². The SMILES string of the molecule is CO[C@H]1C[C@@H]2CC[C@@H](C)[C@@](O)(O2)C(=O)C(=O)N2CCCC[C@H]2C(=O)O[C@H]([C@H](C)C[C@@H]2CC[C@@H](OC(=O)C(C)(CO)CO)[C@H](OC)C2)CC(=O)C(C)=CC[C@@H](O)[C@@H](OC)C(=O)[C@H](C)C[C@H](C)C=CC=CC=C1C. The minimum Gasteiger partial charge on any atom is -0.460 e. The van der Waals surface area contributed by atoms with Crippen LogP contribution in [0.25, 0.3) is 0 Å². The minimum absolute atomic E-state index is 0.00274. The van der Waals surface area contributed by atoms with E-state index in [0.717, 1.165) is 10.5 Å². The van der Waals surface area contributed by atoms with Gasteiger partial charge in [-0.15, -0.1) is 0 Å². The standard InChI is InChI=1S/C55H85NO16/c1-33-16-12-11-13-17-35(3)45(67-8)29-40-22-20-38(6)55(66,72-40)50(62)51(63)56-25-15-14-18-41(56)52(64)70-46(30-43(60)34(2)19-23-42(59)49(69-10)48(61)37(5)26-33)36(4)27-39-21-24-44(47(28-39)68-9)71-53(65)54(7,31-57)32-58/h11-13,16-17,19,33,36-42,44-47,49,57-59,66H,14-15,18,20-32H2,1-10H3/t33-,36-,37-,38-,39+,40+,41+,42-,44-,45+,46+,47-,49-,55-/m1/s1. The fourth-order valence-corrected chi connectivity index (χ4v) is 10.4. The average molecular weight is 1020 g/mol. The summed E-state index contributed by atoms with van der Waals surface area (Å²) in [7, 11) is 4.43. The van der Waals surface area contributed by atoms with Gasteiger partial charge in [-0.05, 0) is 120 Å².